The summed E-state index contributed by atoms with van der Waals surface area (Å²) in [6.07, 6.45) is 7.21. The zero-order valence-corrected chi connectivity index (χ0v) is 24.8. The first-order valence-corrected chi connectivity index (χ1v) is 15.5. The van der Waals surface area contributed by atoms with E-state index in [1.165, 1.54) is 28.0 Å². The fraction of sp³-hybridized carbons (Fsp3) is 0.371. The van der Waals surface area contributed by atoms with Gasteiger partial charge in [0.2, 0.25) is 11.8 Å². The molecule has 6 nitrogen and oxygen atoms in total. The molecule has 3 aliphatic heterocycles. The monoisotopic (exact) mass is 582 g/mol. The number of likely N-dealkylation sites (tertiary alicyclic amines) is 1. The number of anilines is 1. The van der Waals surface area contributed by atoms with Gasteiger partial charge in [0.25, 0.3) is 0 Å². The minimum atomic E-state index is -0.244. The molecule has 42 heavy (non-hydrogen) atoms. The number of para-hydroxylation sites is 1. The minimum absolute atomic E-state index is 0.0446. The van der Waals surface area contributed by atoms with Crippen LogP contribution < -0.4 is 15.5 Å². The van der Waals surface area contributed by atoms with Crippen LogP contribution in [0.5, 0.6) is 0 Å². The number of hydrogen-bond acceptors (Lipinski definition) is 4. The molecule has 0 radical (unpaired) electrons. The molecule has 0 spiro atoms. The number of benzene rings is 3. The third-order valence-corrected chi connectivity index (χ3v) is 9.05. The van der Waals surface area contributed by atoms with E-state index in [9.17, 15) is 9.59 Å². The Kier molecular flexibility index (Phi) is 8.92. The van der Waals surface area contributed by atoms with Crippen LogP contribution in [0, 0.1) is 0 Å². The second-order valence-electron chi connectivity index (χ2n) is 11.7. The number of piperidine rings is 1. The first kappa shape index (κ1) is 28.5. The fourth-order valence-corrected chi connectivity index (χ4v) is 6.59. The molecule has 6 rings (SSSR count). The first-order chi connectivity index (χ1) is 20.5. The SMILES string of the molecule is O=C(NC(C=C1CCN(c2ccccc2CN2CCCC2=O)CC1)Cc1ccc(Cl)cc1)C1Cc2ccccc2CN1. The average molecular weight is 583 g/mol. The number of nitrogens with zero attached hydrogens (tertiary/aromatic N) is 2. The van der Waals surface area contributed by atoms with E-state index < -0.39 is 0 Å². The summed E-state index contributed by atoms with van der Waals surface area (Å²) in [5.74, 6) is 0.304. The van der Waals surface area contributed by atoms with Gasteiger partial charge in [-0.1, -0.05) is 77.8 Å². The van der Waals surface area contributed by atoms with Crippen LogP contribution in [0.25, 0.3) is 0 Å². The van der Waals surface area contributed by atoms with Crippen molar-refractivity contribution in [3.05, 3.63) is 112 Å². The summed E-state index contributed by atoms with van der Waals surface area (Å²) in [5.41, 5.74) is 7.47. The van der Waals surface area contributed by atoms with E-state index in [0.29, 0.717) is 37.4 Å². The average Bonchev–Trinajstić information content (AvgIpc) is 3.42. The van der Waals surface area contributed by atoms with E-state index in [1.54, 1.807) is 0 Å². The normalized spacial score (nSPS) is 19.4. The van der Waals surface area contributed by atoms with E-state index in [-0.39, 0.29) is 23.9 Å². The number of rotatable bonds is 8. The largest absolute Gasteiger partial charge is 0.371 e. The number of hydrogen-bond donors (Lipinski definition) is 2. The Morgan fingerprint density at radius 3 is 2.45 bits per heavy atom. The van der Waals surface area contributed by atoms with E-state index in [1.807, 2.05) is 41.3 Å². The van der Waals surface area contributed by atoms with Crippen LogP contribution in [-0.2, 0) is 35.5 Å². The van der Waals surface area contributed by atoms with E-state index in [0.717, 1.165) is 44.5 Å². The lowest BCUT2D eigenvalue weighted by molar-refractivity contribution is -0.128. The molecule has 2 atom stereocenters. The molecule has 2 N–H and O–H groups in total. The molecular formula is C35H39ClN4O2. The Hall–Kier alpha value is -3.61. The molecule has 2 amide bonds. The Morgan fingerprint density at radius 1 is 0.952 bits per heavy atom. The molecule has 3 aliphatic rings. The van der Waals surface area contributed by atoms with Crippen molar-refractivity contribution in [2.45, 2.75) is 63.7 Å². The van der Waals surface area contributed by atoms with Crippen molar-refractivity contribution < 1.29 is 9.59 Å². The van der Waals surface area contributed by atoms with Gasteiger partial charge in [-0.25, -0.2) is 0 Å². The maximum atomic E-state index is 13.5. The molecule has 218 valence electrons. The van der Waals surface area contributed by atoms with Gasteiger partial charge in [-0.05, 0) is 72.6 Å². The van der Waals surface area contributed by atoms with Crippen LogP contribution in [0.1, 0.15) is 47.9 Å². The Labute approximate surface area is 253 Å². The first-order valence-electron chi connectivity index (χ1n) is 15.2. The molecular weight excluding hydrogens is 544 g/mol. The van der Waals surface area contributed by atoms with Gasteiger partial charge >= 0.3 is 0 Å². The van der Waals surface area contributed by atoms with E-state index >= 15 is 0 Å². The van der Waals surface area contributed by atoms with Gasteiger partial charge in [0, 0.05) is 49.9 Å². The number of amides is 2. The van der Waals surface area contributed by atoms with E-state index in [2.05, 4.69) is 58.0 Å². The highest BCUT2D eigenvalue weighted by molar-refractivity contribution is 6.30. The molecule has 0 aliphatic carbocycles. The Bertz CT molecular complexity index is 1440. The molecule has 0 aromatic heterocycles. The summed E-state index contributed by atoms with van der Waals surface area (Å²) < 4.78 is 0. The highest BCUT2D eigenvalue weighted by Gasteiger charge is 2.27. The van der Waals surface area contributed by atoms with Crippen molar-refractivity contribution in [1.82, 2.24) is 15.5 Å². The number of halogens is 1. The number of carbonyl (C=O) groups is 2. The second-order valence-corrected chi connectivity index (χ2v) is 12.1. The third-order valence-electron chi connectivity index (χ3n) is 8.80. The number of fused-ring (bicyclic) bond motifs is 1. The summed E-state index contributed by atoms with van der Waals surface area (Å²) >= 11 is 6.15. The fourth-order valence-electron chi connectivity index (χ4n) is 6.46. The van der Waals surface area contributed by atoms with Crippen LogP contribution in [0.4, 0.5) is 5.69 Å². The summed E-state index contributed by atoms with van der Waals surface area (Å²) in [6.45, 7) is 4.08. The lowest BCUT2D eigenvalue weighted by Crippen LogP contribution is -2.50. The van der Waals surface area contributed by atoms with Crippen LogP contribution in [0.15, 0.2) is 84.4 Å². The molecule has 3 aromatic rings. The Morgan fingerprint density at radius 2 is 1.69 bits per heavy atom. The van der Waals surface area contributed by atoms with Gasteiger partial charge in [-0.2, -0.15) is 0 Å². The van der Waals surface area contributed by atoms with Crippen LogP contribution in [-0.4, -0.2) is 48.4 Å². The standard InChI is InChI=1S/C35H39ClN4O2/c36-30-13-11-25(12-14-30)20-31(38-35(42)32-22-27-6-1-2-7-28(27)23-37-32)21-26-15-18-39(19-16-26)33-9-4-3-8-29(33)24-40-17-5-10-34(40)41/h1-4,6-9,11-14,21,31-32,37H,5,10,15-20,22-24H2,(H,38,42). The van der Waals surface area contributed by atoms with Crippen molar-refractivity contribution in [2.24, 2.45) is 0 Å². The summed E-state index contributed by atoms with van der Waals surface area (Å²) in [6, 6.07) is 24.4. The van der Waals surface area contributed by atoms with Crippen molar-refractivity contribution in [2.75, 3.05) is 24.5 Å². The smallest absolute Gasteiger partial charge is 0.237 e. The molecule has 2 unspecified atom stereocenters. The van der Waals surface area contributed by atoms with Gasteiger partial charge in [0.05, 0.1) is 12.1 Å². The van der Waals surface area contributed by atoms with Crippen LogP contribution in [0.3, 0.4) is 0 Å². The predicted molar refractivity (Wildman–Crippen MR) is 168 cm³/mol. The molecule has 3 aromatic carbocycles. The molecule has 0 bridgehead atoms. The van der Waals surface area contributed by atoms with Gasteiger partial charge in [-0.3, -0.25) is 9.59 Å². The zero-order valence-electron chi connectivity index (χ0n) is 24.0. The lowest BCUT2D eigenvalue weighted by atomic mass is 9.94. The lowest BCUT2D eigenvalue weighted by Gasteiger charge is -2.33. The molecule has 2 fully saturated rings. The summed E-state index contributed by atoms with van der Waals surface area (Å²) in [7, 11) is 0. The van der Waals surface area contributed by atoms with Gasteiger partial charge < -0.3 is 20.4 Å². The maximum absolute atomic E-state index is 13.5. The van der Waals surface area contributed by atoms with Crippen molar-refractivity contribution in [1.29, 1.82) is 0 Å². The molecule has 3 heterocycles. The number of nitrogens with one attached hydrogen (secondary N) is 2. The van der Waals surface area contributed by atoms with Crippen molar-refractivity contribution in [3.63, 3.8) is 0 Å². The van der Waals surface area contributed by atoms with Gasteiger partial charge in [0.1, 0.15) is 0 Å². The van der Waals surface area contributed by atoms with E-state index in [4.69, 9.17) is 11.6 Å². The molecule has 2 saturated heterocycles. The van der Waals surface area contributed by atoms with Crippen molar-refractivity contribution in [3.8, 4) is 0 Å². The summed E-state index contributed by atoms with van der Waals surface area (Å²) in [5, 5.41) is 7.51. The topological polar surface area (TPSA) is 64.7 Å². The highest BCUT2D eigenvalue weighted by atomic mass is 35.5. The molecule has 7 heteroatoms. The van der Waals surface area contributed by atoms with Crippen molar-refractivity contribution >= 4 is 29.1 Å². The molecule has 0 saturated carbocycles. The van der Waals surface area contributed by atoms with Gasteiger partial charge in [0.15, 0.2) is 0 Å². The second kappa shape index (κ2) is 13.1. The minimum Gasteiger partial charge on any atom is -0.371 e. The van der Waals surface area contributed by atoms with Crippen LogP contribution in [0.2, 0.25) is 5.02 Å². The number of carbonyl (C=O) groups excluding carboxylic acids is 2. The van der Waals surface area contributed by atoms with Gasteiger partial charge in [-0.15, -0.1) is 0 Å². The predicted octanol–water partition coefficient (Wildman–Crippen LogP) is 5.43. The van der Waals surface area contributed by atoms with Crippen LogP contribution >= 0.6 is 11.6 Å². The summed E-state index contributed by atoms with van der Waals surface area (Å²) in [4.78, 5) is 30.2. The maximum Gasteiger partial charge on any atom is 0.237 e. The Balaban J connectivity index is 1.13. The quantitative estimate of drug-likeness (QED) is 0.348. The third kappa shape index (κ3) is 6.88. The zero-order chi connectivity index (χ0) is 28.9. The highest BCUT2D eigenvalue weighted by Crippen LogP contribution is 2.29.